The van der Waals surface area contributed by atoms with Gasteiger partial charge in [-0.05, 0) is 24.1 Å². The summed E-state index contributed by atoms with van der Waals surface area (Å²) >= 11 is 11.2. The molecule has 0 aromatic heterocycles. The van der Waals surface area contributed by atoms with E-state index in [9.17, 15) is 13.2 Å². The molecule has 0 amide bonds. The van der Waals surface area contributed by atoms with Crippen LogP contribution in [0.15, 0.2) is 12.1 Å². The molecule has 0 heterocycles. The first-order valence-corrected chi connectivity index (χ1v) is 5.34. The Morgan fingerprint density at radius 3 is 2.19 bits per heavy atom. The Hall–Kier alpha value is -0.450. The molecule has 0 aliphatic carbocycles. The van der Waals surface area contributed by atoms with Crippen LogP contribution in [-0.4, -0.2) is 0 Å². The highest BCUT2D eigenvalue weighted by Crippen LogP contribution is 2.39. The van der Waals surface area contributed by atoms with Gasteiger partial charge < -0.3 is 5.73 Å². The van der Waals surface area contributed by atoms with Crippen molar-refractivity contribution in [1.82, 2.24) is 0 Å². The van der Waals surface area contributed by atoms with Gasteiger partial charge in [0.05, 0.1) is 15.6 Å². The van der Waals surface area contributed by atoms with Crippen LogP contribution in [0.1, 0.15) is 30.5 Å². The van der Waals surface area contributed by atoms with Gasteiger partial charge in [0.2, 0.25) is 0 Å². The molecule has 1 aromatic carbocycles. The average molecular weight is 272 g/mol. The molecule has 16 heavy (non-hydrogen) atoms. The summed E-state index contributed by atoms with van der Waals surface area (Å²) in [6.07, 6.45) is -4.09. The predicted octanol–water partition coefficient (Wildman–Crippen LogP) is 4.42. The zero-order valence-electron chi connectivity index (χ0n) is 8.41. The number of hydrogen-bond donors (Lipinski definition) is 1. The van der Waals surface area contributed by atoms with Crippen LogP contribution in [0.4, 0.5) is 13.2 Å². The van der Waals surface area contributed by atoms with Gasteiger partial charge in [-0.25, -0.2) is 0 Å². The van der Waals surface area contributed by atoms with Gasteiger partial charge in [0.15, 0.2) is 0 Å². The Labute approximate surface area is 101 Å². The summed E-state index contributed by atoms with van der Waals surface area (Å²) in [5.41, 5.74) is 4.76. The molecule has 0 radical (unpaired) electrons. The lowest BCUT2D eigenvalue weighted by Gasteiger charge is -2.18. The third-order valence-corrected chi connectivity index (χ3v) is 2.96. The van der Waals surface area contributed by atoms with E-state index in [1.165, 1.54) is 6.07 Å². The van der Waals surface area contributed by atoms with Gasteiger partial charge in [-0.2, -0.15) is 13.2 Å². The molecule has 0 aliphatic rings. The molecule has 1 rings (SSSR count). The highest BCUT2D eigenvalue weighted by atomic mass is 35.5. The van der Waals surface area contributed by atoms with Gasteiger partial charge >= 0.3 is 6.18 Å². The van der Waals surface area contributed by atoms with Crippen molar-refractivity contribution in [3.05, 3.63) is 33.3 Å². The van der Waals surface area contributed by atoms with Crippen molar-refractivity contribution >= 4 is 23.2 Å². The van der Waals surface area contributed by atoms with Crippen molar-refractivity contribution in [2.75, 3.05) is 0 Å². The van der Waals surface area contributed by atoms with Gasteiger partial charge in [-0.3, -0.25) is 0 Å². The summed E-state index contributed by atoms with van der Waals surface area (Å²) < 4.78 is 38.1. The molecule has 1 nitrogen and oxygen atoms in total. The number of alkyl halides is 3. The van der Waals surface area contributed by atoms with Gasteiger partial charge in [0.1, 0.15) is 0 Å². The first-order valence-electron chi connectivity index (χ1n) is 4.59. The molecule has 0 spiro atoms. The maximum absolute atomic E-state index is 12.7. The van der Waals surface area contributed by atoms with Gasteiger partial charge in [0, 0.05) is 6.04 Å². The van der Waals surface area contributed by atoms with Crippen LogP contribution in [0.2, 0.25) is 10.0 Å². The fourth-order valence-corrected chi connectivity index (χ4v) is 1.67. The molecule has 1 aromatic rings. The monoisotopic (exact) mass is 271 g/mol. The minimum Gasteiger partial charge on any atom is -0.324 e. The first kappa shape index (κ1) is 13.6. The highest BCUT2D eigenvalue weighted by molar-refractivity contribution is 6.42. The molecule has 0 aliphatic heterocycles. The van der Waals surface area contributed by atoms with E-state index in [1.54, 1.807) is 6.92 Å². The van der Waals surface area contributed by atoms with Crippen molar-refractivity contribution in [2.24, 2.45) is 5.73 Å². The second kappa shape index (κ2) is 4.82. The largest absolute Gasteiger partial charge is 0.416 e. The zero-order valence-corrected chi connectivity index (χ0v) is 9.92. The quantitative estimate of drug-likeness (QED) is 0.847. The number of benzene rings is 1. The third-order valence-electron chi connectivity index (χ3n) is 2.24. The Morgan fingerprint density at radius 2 is 1.75 bits per heavy atom. The molecule has 2 N–H and O–H groups in total. The van der Waals surface area contributed by atoms with Crippen molar-refractivity contribution in [1.29, 1.82) is 0 Å². The van der Waals surface area contributed by atoms with Crippen LogP contribution in [0.25, 0.3) is 0 Å². The maximum atomic E-state index is 12.7. The average Bonchev–Trinajstić information content (AvgIpc) is 2.18. The third kappa shape index (κ3) is 2.81. The lowest BCUT2D eigenvalue weighted by atomic mass is 9.99. The van der Waals surface area contributed by atoms with E-state index in [2.05, 4.69) is 0 Å². The molecule has 1 unspecified atom stereocenters. The van der Waals surface area contributed by atoms with Crippen LogP contribution < -0.4 is 5.73 Å². The molecule has 0 bridgehead atoms. The molecule has 6 heteroatoms. The predicted molar refractivity (Wildman–Crippen MR) is 58.7 cm³/mol. The summed E-state index contributed by atoms with van der Waals surface area (Å²) in [6.45, 7) is 1.70. The Morgan fingerprint density at radius 1 is 1.25 bits per heavy atom. The van der Waals surface area contributed by atoms with E-state index in [0.29, 0.717) is 6.42 Å². The first-order chi connectivity index (χ1) is 7.27. The number of nitrogens with two attached hydrogens (primary N) is 1. The standard InChI is InChI=1S/C10H10Cl2F3N/c1-2-9(16)5-3-7(11)8(12)4-6(5)10(13,14)15/h3-4,9H,2,16H2,1H3. The highest BCUT2D eigenvalue weighted by Gasteiger charge is 2.35. The molecule has 0 saturated heterocycles. The Balaban J connectivity index is 3.39. The summed E-state index contributed by atoms with van der Waals surface area (Å²) in [6, 6.07) is 1.29. The van der Waals surface area contributed by atoms with E-state index in [0.717, 1.165) is 6.07 Å². The van der Waals surface area contributed by atoms with E-state index >= 15 is 0 Å². The van der Waals surface area contributed by atoms with Crippen LogP contribution in [0.5, 0.6) is 0 Å². The lowest BCUT2D eigenvalue weighted by Crippen LogP contribution is -2.17. The minimum atomic E-state index is -4.48. The van der Waals surface area contributed by atoms with Gasteiger partial charge in [0.25, 0.3) is 0 Å². The Bertz CT molecular complexity index is 390. The fraction of sp³-hybridized carbons (Fsp3) is 0.400. The van der Waals surface area contributed by atoms with Crippen molar-refractivity contribution < 1.29 is 13.2 Å². The smallest absolute Gasteiger partial charge is 0.324 e. The van der Waals surface area contributed by atoms with Crippen LogP contribution >= 0.6 is 23.2 Å². The summed E-state index contributed by atoms with van der Waals surface area (Å²) in [5.74, 6) is 0. The normalized spacial score (nSPS) is 13.9. The van der Waals surface area contributed by atoms with Crippen molar-refractivity contribution in [3.8, 4) is 0 Å². The second-order valence-electron chi connectivity index (χ2n) is 3.37. The molecule has 0 saturated carbocycles. The van der Waals surface area contributed by atoms with Crippen LogP contribution in [0.3, 0.4) is 0 Å². The van der Waals surface area contributed by atoms with Crippen LogP contribution in [-0.2, 0) is 6.18 Å². The van der Waals surface area contributed by atoms with Gasteiger partial charge in [-0.15, -0.1) is 0 Å². The lowest BCUT2D eigenvalue weighted by molar-refractivity contribution is -0.138. The number of halogens is 5. The SMILES string of the molecule is CCC(N)c1cc(Cl)c(Cl)cc1C(F)(F)F. The zero-order chi connectivity index (χ0) is 12.5. The Kier molecular flexibility index (Phi) is 4.10. The minimum absolute atomic E-state index is 0.0237. The molecule has 90 valence electrons. The molecular formula is C10H10Cl2F3N. The van der Waals surface area contributed by atoms with E-state index in [1.807, 2.05) is 0 Å². The summed E-state index contributed by atoms with van der Waals surface area (Å²) in [7, 11) is 0. The maximum Gasteiger partial charge on any atom is 0.416 e. The van der Waals surface area contributed by atoms with E-state index < -0.39 is 17.8 Å². The summed E-state index contributed by atoms with van der Waals surface area (Å²) in [4.78, 5) is 0. The molecule has 0 fully saturated rings. The molecular weight excluding hydrogens is 262 g/mol. The summed E-state index contributed by atoms with van der Waals surface area (Å²) in [5, 5.41) is -0.0467. The second-order valence-corrected chi connectivity index (χ2v) is 4.18. The fourth-order valence-electron chi connectivity index (χ4n) is 1.33. The molecule has 1 atom stereocenters. The van der Waals surface area contributed by atoms with E-state index in [-0.39, 0.29) is 15.6 Å². The van der Waals surface area contributed by atoms with E-state index in [4.69, 9.17) is 28.9 Å². The number of rotatable bonds is 2. The van der Waals surface area contributed by atoms with Gasteiger partial charge in [-0.1, -0.05) is 30.1 Å². The van der Waals surface area contributed by atoms with Crippen molar-refractivity contribution in [3.63, 3.8) is 0 Å². The topological polar surface area (TPSA) is 26.0 Å². The number of hydrogen-bond acceptors (Lipinski definition) is 1. The van der Waals surface area contributed by atoms with Crippen LogP contribution in [0, 0.1) is 0 Å². The van der Waals surface area contributed by atoms with Crippen molar-refractivity contribution in [2.45, 2.75) is 25.6 Å².